The van der Waals surface area contributed by atoms with Gasteiger partial charge in [0.1, 0.15) is 11.6 Å². The first-order valence-corrected chi connectivity index (χ1v) is 6.30. The quantitative estimate of drug-likeness (QED) is 0.854. The van der Waals surface area contributed by atoms with E-state index in [1.165, 1.54) is 17.8 Å². The van der Waals surface area contributed by atoms with Crippen LogP contribution in [0.1, 0.15) is 5.56 Å². The van der Waals surface area contributed by atoms with E-state index in [2.05, 4.69) is 0 Å². The summed E-state index contributed by atoms with van der Waals surface area (Å²) in [5.74, 6) is 0.501. The highest BCUT2D eigenvalue weighted by atomic mass is 32.2. The highest BCUT2D eigenvalue weighted by Crippen LogP contribution is 2.38. The van der Waals surface area contributed by atoms with Crippen LogP contribution in [0.5, 0.6) is 5.75 Å². The first-order chi connectivity index (χ1) is 8.61. The Labute approximate surface area is 110 Å². The van der Waals surface area contributed by atoms with E-state index in [1.807, 2.05) is 24.3 Å². The average molecular weight is 263 g/mol. The monoisotopic (exact) mass is 263 g/mol. The molecular formula is C14H14FNOS. The number of benzene rings is 2. The Balaban J connectivity index is 2.37. The first kappa shape index (κ1) is 12.8. The SMILES string of the molecule is COc1ccccc1Sc1cc(C)c(F)cc1N. The van der Waals surface area contributed by atoms with Crippen molar-refractivity contribution in [3.05, 3.63) is 47.8 Å². The van der Waals surface area contributed by atoms with Crippen molar-refractivity contribution in [1.29, 1.82) is 0 Å². The van der Waals surface area contributed by atoms with Gasteiger partial charge < -0.3 is 10.5 Å². The largest absolute Gasteiger partial charge is 0.496 e. The van der Waals surface area contributed by atoms with Crippen LogP contribution in [0.15, 0.2) is 46.2 Å². The Morgan fingerprint density at radius 1 is 1.17 bits per heavy atom. The van der Waals surface area contributed by atoms with Gasteiger partial charge in [0.05, 0.1) is 12.0 Å². The number of aryl methyl sites for hydroxylation is 1. The van der Waals surface area contributed by atoms with Crippen molar-refractivity contribution in [3.63, 3.8) is 0 Å². The molecule has 0 aliphatic carbocycles. The number of nitrogen functional groups attached to an aromatic ring is 1. The number of hydrogen-bond donors (Lipinski definition) is 1. The van der Waals surface area contributed by atoms with E-state index >= 15 is 0 Å². The van der Waals surface area contributed by atoms with Crippen LogP contribution in [-0.4, -0.2) is 7.11 Å². The van der Waals surface area contributed by atoms with Crippen LogP contribution < -0.4 is 10.5 Å². The van der Waals surface area contributed by atoms with Crippen molar-refractivity contribution < 1.29 is 9.13 Å². The maximum atomic E-state index is 13.3. The number of anilines is 1. The normalized spacial score (nSPS) is 10.4. The van der Waals surface area contributed by atoms with E-state index in [1.54, 1.807) is 20.1 Å². The number of rotatable bonds is 3. The van der Waals surface area contributed by atoms with E-state index in [-0.39, 0.29) is 5.82 Å². The molecule has 0 amide bonds. The van der Waals surface area contributed by atoms with Crippen molar-refractivity contribution in [2.24, 2.45) is 0 Å². The van der Waals surface area contributed by atoms with E-state index in [9.17, 15) is 4.39 Å². The number of methoxy groups -OCH3 is 1. The minimum Gasteiger partial charge on any atom is -0.496 e. The lowest BCUT2D eigenvalue weighted by Gasteiger charge is -2.10. The Kier molecular flexibility index (Phi) is 3.77. The molecule has 0 aliphatic heterocycles. The summed E-state index contributed by atoms with van der Waals surface area (Å²) in [7, 11) is 1.62. The highest BCUT2D eigenvalue weighted by molar-refractivity contribution is 7.99. The van der Waals surface area contributed by atoms with Crippen LogP contribution in [0.3, 0.4) is 0 Å². The zero-order chi connectivity index (χ0) is 13.1. The molecule has 2 rings (SSSR count). The summed E-state index contributed by atoms with van der Waals surface area (Å²) in [4.78, 5) is 1.79. The molecule has 0 heterocycles. The number of halogens is 1. The van der Waals surface area contributed by atoms with Gasteiger partial charge in [-0.15, -0.1) is 0 Å². The summed E-state index contributed by atoms with van der Waals surface area (Å²) in [6, 6.07) is 10.8. The van der Waals surface area contributed by atoms with Gasteiger partial charge in [-0.1, -0.05) is 23.9 Å². The van der Waals surface area contributed by atoms with E-state index < -0.39 is 0 Å². The Morgan fingerprint density at radius 3 is 2.61 bits per heavy atom. The van der Waals surface area contributed by atoms with Crippen LogP contribution in [0, 0.1) is 12.7 Å². The fraction of sp³-hybridized carbons (Fsp3) is 0.143. The van der Waals surface area contributed by atoms with Gasteiger partial charge in [0.15, 0.2) is 0 Å². The van der Waals surface area contributed by atoms with Crippen molar-refractivity contribution in [3.8, 4) is 5.75 Å². The van der Waals surface area contributed by atoms with Gasteiger partial charge in [0.25, 0.3) is 0 Å². The van der Waals surface area contributed by atoms with Gasteiger partial charge in [0.2, 0.25) is 0 Å². The topological polar surface area (TPSA) is 35.2 Å². The van der Waals surface area contributed by atoms with Crippen LogP contribution in [0.2, 0.25) is 0 Å². The minimum absolute atomic E-state index is 0.281. The fourth-order valence-corrected chi connectivity index (χ4v) is 2.63. The zero-order valence-corrected chi connectivity index (χ0v) is 11.1. The molecular weight excluding hydrogens is 249 g/mol. The van der Waals surface area contributed by atoms with Gasteiger partial charge >= 0.3 is 0 Å². The van der Waals surface area contributed by atoms with Gasteiger partial charge in [-0.25, -0.2) is 4.39 Å². The maximum Gasteiger partial charge on any atom is 0.132 e. The number of para-hydroxylation sites is 1. The maximum absolute atomic E-state index is 13.3. The third-order valence-electron chi connectivity index (χ3n) is 2.58. The summed E-state index contributed by atoms with van der Waals surface area (Å²) in [6.45, 7) is 1.72. The van der Waals surface area contributed by atoms with Gasteiger partial charge in [0, 0.05) is 10.6 Å². The summed E-state index contributed by atoms with van der Waals surface area (Å²) in [5, 5.41) is 0. The average Bonchev–Trinajstić information content (AvgIpc) is 2.36. The molecule has 0 fully saturated rings. The smallest absolute Gasteiger partial charge is 0.132 e. The summed E-state index contributed by atoms with van der Waals surface area (Å²) < 4.78 is 18.6. The highest BCUT2D eigenvalue weighted by Gasteiger charge is 2.09. The molecule has 0 radical (unpaired) electrons. The van der Waals surface area contributed by atoms with Crippen molar-refractivity contribution >= 4 is 17.4 Å². The van der Waals surface area contributed by atoms with Gasteiger partial charge in [-0.05, 0) is 36.8 Å². The standard InChI is InChI=1S/C14H14FNOS/c1-9-7-14(11(16)8-10(9)15)18-13-6-4-3-5-12(13)17-2/h3-8H,16H2,1-2H3. The molecule has 0 bridgehead atoms. The molecule has 0 spiro atoms. The Bertz CT molecular complexity index is 572. The molecule has 0 unspecified atom stereocenters. The molecule has 2 nitrogen and oxygen atoms in total. The number of ether oxygens (including phenoxy) is 1. The summed E-state index contributed by atoms with van der Waals surface area (Å²) in [5.41, 5.74) is 6.85. The molecule has 0 saturated heterocycles. The second-order valence-electron chi connectivity index (χ2n) is 3.89. The van der Waals surface area contributed by atoms with Gasteiger partial charge in [-0.2, -0.15) is 0 Å². The summed E-state index contributed by atoms with van der Waals surface area (Å²) >= 11 is 1.47. The molecule has 0 saturated carbocycles. The van der Waals surface area contributed by atoms with E-state index in [0.29, 0.717) is 11.3 Å². The van der Waals surface area contributed by atoms with Crippen LogP contribution >= 0.6 is 11.8 Å². The van der Waals surface area contributed by atoms with Crippen molar-refractivity contribution in [2.45, 2.75) is 16.7 Å². The molecule has 0 aromatic heterocycles. The van der Waals surface area contributed by atoms with Crippen LogP contribution in [-0.2, 0) is 0 Å². The van der Waals surface area contributed by atoms with Crippen LogP contribution in [0.25, 0.3) is 0 Å². The molecule has 94 valence electrons. The molecule has 0 atom stereocenters. The number of hydrogen-bond acceptors (Lipinski definition) is 3. The molecule has 2 aromatic rings. The second kappa shape index (κ2) is 5.31. The predicted molar refractivity (Wildman–Crippen MR) is 72.7 cm³/mol. The summed E-state index contributed by atoms with van der Waals surface area (Å²) in [6.07, 6.45) is 0. The molecule has 2 N–H and O–H groups in total. The molecule has 2 aromatic carbocycles. The third kappa shape index (κ3) is 2.59. The van der Waals surface area contributed by atoms with E-state index in [4.69, 9.17) is 10.5 Å². The Morgan fingerprint density at radius 2 is 1.89 bits per heavy atom. The van der Waals surface area contributed by atoms with Gasteiger partial charge in [-0.3, -0.25) is 0 Å². The van der Waals surface area contributed by atoms with Crippen LogP contribution in [0.4, 0.5) is 10.1 Å². The fourth-order valence-electron chi connectivity index (χ4n) is 1.58. The first-order valence-electron chi connectivity index (χ1n) is 5.48. The second-order valence-corrected chi connectivity index (χ2v) is 4.98. The predicted octanol–water partition coefficient (Wildman–Crippen LogP) is 3.88. The van der Waals surface area contributed by atoms with E-state index in [0.717, 1.165) is 15.5 Å². The number of nitrogens with two attached hydrogens (primary N) is 1. The zero-order valence-electron chi connectivity index (χ0n) is 10.2. The third-order valence-corrected chi connectivity index (χ3v) is 3.71. The molecule has 0 aliphatic rings. The lowest BCUT2D eigenvalue weighted by atomic mass is 10.2. The lowest BCUT2D eigenvalue weighted by Crippen LogP contribution is -1.93. The lowest BCUT2D eigenvalue weighted by molar-refractivity contribution is 0.405. The Hall–Kier alpha value is -1.68. The van der Waals surface area contributed by atoms with Crippen molar-refractivity contribution in [1.82, 2.24) is 0 Å². The molecule has 4 heteroatoms. The minimum atomic E-state index is -0.281. The molecule has 18 heavy (non-hydrogen) atoms. The van der Waals surface area contributed by atoms with Crippen molar-refractivity contribution in [2.75, 3.05) is 12.8 Å².